The molecule has 1 nitrogen and oxygen atoms in total. The standard InChI is InChI=1S/C34H52N/c1-9-14-15-17-20-33(11-3)22-21-31(6,7)28-25-27-26(24-29(28)33)30-19-16-18-23-35(30)34(12-4,13-5)32(27,8)10-2/h16,18-19,23-25H,9-15,17,20-22H2,1-8H3/q+1. The number of hydrogen-bond donors (Lipinski definition) is 0. The van der Waals surface area contributed by atoms with Crippen LogP contribution in [-0.2, 0) is 21.8 Å². The fourth-order valence-electron chi connectivity index (χ4n) is 8.22. The van der Waals surface area contributed by atoms with Crippen LogP contribution in [-0.4, -0.2) is 0 Å². The molecular formula is C34H52N+. The maximum Gasteiger partial charge on any atom is 0.213 e. The van der Waals surface area contributed by atoms with E-state index in [1.165, 1.54) is 62.6 Å². The second-order valence-electron chi connectivity index (χ2n) is 12.7. The molecule has 4 rings (SSSR count). The minimum Gasteiger partial charge on any atom is -0.192 e. The molecule has 0 amide bonds. The Kier molecular flexibility index (Phi) is 7.31. The lowest BCUT2D eigenvalue weighted by molar-refractivity contribution is -0.769. The Bertz CT molecular complexity index is 1040. The molecule has 2 heterocycles. The first-order valence-electron chi connectivity index (χ1n) is 14.9. The Morgan fingerprint density at radius 3 is 2.11 bits per heavy atom. The monoisotopic (exact) mass is 474 g/mol. The highest BCUT2D eigenvalue weighted by molar-refractivity contribution is 5.69. The zero-order chi connectivity index (χ0) is 25.5. The summed E-state index contributed by atoms with van der Waals surface area (Å²) in [5.41, 5.74) is 8.69. The van der Waals surface area contributed by atoms with Gasteiger partial charge in [-0.2, -0.15) is 4.57 Å². The predicted octanol–water partition coefficient (Wildman–Crippen LogP) is 9.53. The topological polar surface area (TPSA) is 3.88 Å². The van der Waals surface area contributed by atoms with Crippen molar-refractivity contribution in [3.8, 4) is 11.3 Å². The molecule has 1 aliphatic carbocycles. The zero-order valence-corrected chi connectivity index (χ0v) is 24.2. The SMILES string of the molecule is CCCCCCC1(CC)CCC(C)(C)c2cc3c(cc21)-c1cccc[n+]1C(CC)(CC)C3(C)CC. The molecule has 0 saturated heterocycles. The van der Waals surface area contributed by atoms with Crippen LogP contribution in [0.25, 0.3) is 11.3 Å². The molecule has 0 N–H and O–H groups in total. The first kappa shape index (κ1) is 26.4. The van der Waals surface area contributed by atoms with E-state index in [9.17, 15) is 0 Å². The smallest absolute Gasteiger partial charge is 0.192 e. The Labute approximate surface area is 216 Å². The summed E-state index contributed by atoms with van der Waals surface area (Å²) in [6.07, 6.45) is 16.5. The third kappa shape index (κ3) is 3.82. The Balaban J connectivity index is 2.00. The first-order valence-corrected chi connectivity index (χ1v) is 14.9. The maximum atomic E-state index is 2.72. The van der Waals surface area contributed by atoms with Crippen LogP contribution >= 0.6 is 0 Å². The first-order chi connectivity index (χ1) is 16.7. The van der Waals surface area contributed by atoms with Crippen molar-refractivity contribution in [1.29, 1.82) is 0 Å². The summed E-state index contributed by atoms with van der Waals surface area (Å²) in [5.74, 6) is 0. The van der Waals surface area contributed by atoms with E-state index in [1.807, 2.05) is 0 Å². The Morgan fingerprint density at radius 2 is 1.49 bits per heavy atom. The quantitative estimate of drug-likeness (QED) is 0.251. The molecule has 35 heavy (non-hydrogen) atoms. The lowest BCUT2D eigenvalue weighted by Gasteiger charge is -2.50. The fourth-order valence-corrected chi connectivity index (χ4v) is 8.22. The van der Waals surface area contributed by atoms with Crippen LogP contribution in [0.4, 0.5) is 0 Å². The van der Waals surface area contributed by atoms with Crippen LogP contribution in [0, 0.1) is 0 Å². The largest absolute Gasteiger partial charge is 0.213 e. The van der Waals surface area contributed by atoms with Crippen molar-refractivity contribution in [2.75, 3.05) is 0 Å². The molecule has 2 aliphatic rings. The van der Waals surface area contributed by atoms with Gasteiger partial charge in [0, 0.05) is 25.0 Å². The molecule has 0 bridgehead atoms. The van der Waals surface area contributed by atoms with E-state index in [1.54, 1.807) is 16.7 Å². The van der Waals surface area contributed by atoms with Gasteiger partial charge in [0.2, 0.25) is 5.69 Å². The van der Waals surface area contributed by atoms with E-state index in [0.29, 0.717) is 5.41 Å². The molecule has 2 atom stereocenters. The predicted molar refractivity (Wildman–Crippen MR) is 151 cm³/mol. The lowest BCUT2D eigenvalue weighted by Crippen LogP contribution is -2.68. The number of rotatable bonds is 9. The van der Waals surface area contributed by atoms with Gasteiger partial charge in [-0.3, -0.25) is 0 Å². The molecule has 1 aromatic carbocycles. The van der Waals surface area contributed by atoms with Crippen LogP contribution in [0.1, 0.15) is 143 Å². The van der Waals surface area contributed by atoms with Crippen molar-refractivity contribution in [1.82, 2.24) is 0 Å². The van der Waals surface area contributed by atoms with E-state index in [4.69, 9.17) is 0 Å². The number of pyridine rings is 1. The summed E-state index contributed by atoms with van der Waals surface area (Å²) in [6, 6.07) is 12.3. The van der Waals surface area contributed by atoms with Crippen LogP contribution in [0.3, 0.4) is 0 Å². The third-order valence-corrected chi connectivity index (χ3v) is 11.0. The van der Waals surface area contributed by atoms with Crippen LogP contribution in [0.2, 0.25) is 0 Å². The number of nitrogens with zero attached hydrogens (tertiary/aromatic N) is 1. The lowest BCUT2D eigenvalue weighted by atomic mass is 9.54. The number of benzene rings is 1. The second-order valence-corrected chi connectivity index (χ2v) is 12.7. The average molecular weight is 475 g/mol. The van der Waals surface area contributed by atoms with Crippen LogP contribution in [0.15, 0.2) is 36.5 Å². The van der Waals surface area contributed by atoms with Gasteiger partial charge in [0.05, 0.1) is 11.0 Å². The molecule has 1 heteroatoms. The van der Waals surface area contributed by atoms with Gasteiger partial charge in [-0.25, -0.2) is 0 Å². The molecule has 2 aromatic rings. The number of fused-ring (bicyclic) bond motifs is 4. The molecular weight excluding hydrogens is 422 g/mol. The highest BCUT2D eigenvalue weighted by Crippen LogP contribution is 2.56. The Hall–Kier alpha value is -1.63. The van der Waals surface area contributed by atoms with Gasteiger partial charge >= 0.3 is 0 Å². The fraction of sp³-hybridized carbons (Fsp3) is 0.676. The average Bonchev–Trinajstić information content (AvgIpc) is 2.88. The molecule has 0 saturated carbocycles. The summed E-state index contributed by atoms with van der Waals surface area (Å²) in [4.78, 5) is 0. The van der Waals surface area contributed by atoms with Crippen molar-refractivity contribution in [2.45, 2.75) is 148 Å². The van der Waals surface area contributed by atoms with Gasteiger partial charge in [-0.05, 0) is 78.7 Å². The number of unbranched alkanes of at least 4 members (excludes halogenated alkanes) is 3. The van der Waals surface area contributed by atoms with Crippen molar-refractivity contribution < 1.29 is 4.57 Å². The molecule has 0 fully saturated rings. The van der Waals surface area contributed by atoms with E-state index < -0.39 is 0 Å². The highest BCUT2D eigenvalue weighted by Gasteiger charge is 2.59. The third-order valence-electron chi connectivity index (χ3n) is 11.0. The minimum atomic E-state index is 0.111. The molecule has 2 unspecified atom stereocenters. The molecule has 1 aromatic heterocycles. The van der Waals surface area contributed by atoms with Gasteiger partial charge in [0.25, 0.3) is 0 Å². The summed E-state index contributed by atoms with van der Waals surface area (Å²) < 4.78 is 2.67. The molecule has 0 spiro atoms. The van der Waals surface area contributed by atoms with E-state index in [0.717, 1.165) is 19.3 Å². The van der Waals surface area contributed by atoms with Crippen LogP contribution in [0.5, 0.6) is 0 Å². The van der Waals surface area contributed by atoms with Crippen LogP contribution < -0.4 is 4.57 Å². The maximum absolute atomic E-state index is 2.72. The molecule has 0 radical (unpaired) electrons. The number of hydrogen-bond acceptors (Lipinski definition) is 0. The van der Waals surface area contributed by atoms with Crippen molar-refractivity contribution in [3.63, 3.8) is 0 Å². The van der Waals surface area contributed by atoms with Crippen molar-refractivity contribution in [2.24, 2.45) is 0 Å². The summed E-state index contributed by atoms with van der Waals surface area (Å²) in [5, 5.41) is 0. The Morgan fingerprint density at radius 1 is 0.743 bits per heavy atom. The second kappa shape index (κ2) is 9.68. The number of aromatic nitrogens is 1. The highest BCUT2D eigenvalue weighted by atomic mass is 15.1. The van der Waals surface area contributed by atoms with Gasteiger partial charge in [0.1, 0.15) is 0 Å². The summed E-state index contributed by atoms with van der Waals surface area (Å²) in [7, 11) is 0. The normalized spacial score (nSPS) is 26.1. The van der Waals surface area contributed by atoms with E-state index in [2.05, 4.69) is 96.5 Å². The molecule has 192 valence electrons. The zero-order valence-electron chi connectivity index (χ0n) is 24.2. The van der Waals surface area contributed by atoms with Gasteiger partial charge in [-0.15, -0.1) is 0 Å². The summed E-state index contributed by atoms with van der Waals surface area (Å²) >= 11 is 0. The van der Waals surface area contributed by atoms with E-state index >= 15 is 0 Å². The molecule has 1 aliphatic heterocycles. The summed E-state index contributed by atoms with van der Waals surface area (Å²) in [6.45, 7) is 19.6. The van der Waals surface area contributed by atoms with Gasteiger partial charge in [-0.1, -0.05) is 80.2 Å². The minimum absolute atomic E-state index is 0.111. The van der Waals surface area contributed by atoms with Gasteiger partial charge in [0.15, 0.2) is 11.7 Å². The van der Waals surface area contributed by atoms with E-state index in [-0.39, 0.29) is 16.4 Å². The van der Waals surface area contributed by atoms with Gasteiger partial charge < -0.3 is 0 Å². The van der Waals surface area contributed by atoms with Crippen molar-refractivity contribution in [3.05, 3.63) is 53.2 Å². The van der Waals surface area contributed by atoms with Crippen molar-refractivity contribution >= 4 is 0 Å².